The number of fused-ring (bicyclic) bond motifs is 1. The number of amides is 1. The molecule has 4 heteroatoms. The fourth-order valence-corrected chi connectivity index (χ4v) is 2.66. The molecule has 1 aliphatic carbocycles. The van der Waals surface area contributed by atoms with Crippen molar-refractivity contribution in [2.45, 2.75) is 19.0 Å². The Kier molecular flexibility index (Phi) is 3.25. The highest BCUT2D eigenvalue weighted by atomic mass is 16.5. The molecule has 100 valence electrons. The first-order valence-corrected chi connectivity index (χ1v) is 6.67. The number of carbonyl (C=O) groups is 1. The third-order valence-electron chi connectivity index (χ3n) is 3.70. The molecule has 0 aromatic heterocycles. The minimum atomic E-state index is -0.0692. The molecule has 0 radical (unpaired) electrons. The molecule has 3 rings (SSSR count). The zero-order valence-corrected chi connectivity index (χ0v) is 10.8. The van der Waals surface area contributed by atoms with E-state index in [4.69, 9.17) is 10.5 Å². The number of hydrogen-bond donors (Lipinski definition) is 1. The molecule has 0 saturated carbocycles. The minimum Gasteiger partial charge on any atom is -0.491 e. The Balaban J connectivity index is 1.76. The van der Waals surface area contributed by atoms with E-state index in [-0.39, 0.29) is 17.9 Å². The highest BCUT2D eigenvalue weighted by Crippen LogP contribution is 2.25. The highest BCUT2D eigenvalue weighted by Gasteiger charge is 2.28. The van der Waals surface area contributed by atoms with Crippen molar-refractivity contribution in [2.75, 3.05) is 13.2 Å². The maximum Gasteiger partial charge on any atom is 0.229 e. The van der Waals surface area contributed by atoms with Gasteiger partial charge < -0.3 is 15.4 Å². The van der Waals surface area contributed by atoms with Crippen LogP contribution in [-0.2, 0) is 11.3 Å². The number of carbonyl (C=O) groups excluding carboxylic acids is 1. The molecule has 2 unspecified atom stereocenters. The second kappa shape index (κ2) is 5.05. The van der Waals surface area contributed by atoms with Crippen LogP contribution in [0.3, 0.4) is 0 Å². The molecule has 1 heterocycles. The standard InChI is InChI=1S/C15H18N2O2/c16-13-6-5-11(9-13)15(18)17-7-8-19-14-4-2-1-3-12(14)10-17/h1-6,11,13H,7-10,16H2. The molecule has 2 atom stereocenters. The van der Waals surface area contributed by atoms with E-state index in [9.17, 15) is 4.79 Å². The van der Waals surface area contributed by atoms with Gasteiger partial charge in [0, 0.05) is 18.2 Å². The Bertz CT molecular complexity index is 513. The molecule has 1 aromatic carbocycles. The van der Waals surface area contributed by atoms with Crippen LogP contribution in [-0.4, -0.2) is 30.0 Å². The monoisotopic (exact) mass is 258 g/mol. The van der Waals surface area contributed by atoms with Gasteiger partial charge in [-0.05, 0) is 12.5 Å². The zero-order chi connectivity index (χ0) is 13.2. The van der Waals surface area contributed by atoms with Gasteiger partial charge in [-0.3, -0.25) is 4.79 Å². The van der Waals surface area contributed by atoms with E-state index in [1.165, 1.54) is 0 Å². The molecular formula is C15H18N2O2. The second-order valence-electron chi connectivity index (χ2n) is 5.11. The van der Waals surface area contributed by atoms with Gasteiger partial charge in [-0.2, -0.15) is 0 Å². The van der Waals surface area contributed by atoms with Crippen LogP contribution in [0, 0.1) is 5.92 Å². The molecule has 1 aliphatic heterocycles. The largest absolute Gasteiger partial charge is 0.491 e. The topological polar surface area (TPSA) is 55.6 Å². The van der Waals surface area contributed by atoms with Crippen molar-refractivity contribution >= 4 is 5.91 Å². The van der Waals surface area contributed by atoms with Crippen LogP contribution in [0.15, 0.2) is 36.4 Å². The van der Waals surface area contributed by atoms with Crippen LogP contribution in [0.2, 0.25) is 0 Å². The predicted molar refractivity (Wildman–Crippen MR) is 72.6 cm³/mol. The van der Waals surface area contributed by atoms with Gasteiger partial charge in [0.15, 0.2) is 0 Å². The maximum absolute atomic E-state index is 12.5. The summed E-state index contributed by atoms with van der Waals surface area (Å²) in [6.45, 7) is 1.80. The molecule has 0 bridgehead atoms. The fourth-order valence-electron chi connectivity index (χ4n) is 2.66. The average molecular weight is 258 g/mol. The Labute approximate surface area is 112 Å². The fraction of sp³-hybridized carbons (Fsp3) is 0.400. The summed E-state index contributed by atoms with van der Waals surface area (Å²) in [6.07, 6.45) is 4.58. The number of rotatable bonds is 1. The quantitative estimate of drug-likeness (QED) is 0.773. The molecule has 0 fully saturated rings. The number of nitrogens with zero attached hydrogens (tertiary/aromatic N) is 1. The SMILES string of the molecule is NC1C=CC(C(=O)N2CCOc3ccccc3C2)C1. The normalized spacial score (nSPS) is 25.6. The van der Waals surface area contributed by atoms with E-state index in [1.54, 1.807) is 0 Å². The van der Waals surface area contributed by atoms with Crippen molar-refractivity contribution in [1.82, 2.24) is 4.90 Å². The number of benzene rings is 1. The van der Waals surface area contributed by atoms with Crippen LogP contribution in [0.1, 0.15) is 12.0 Å². The van der Waals surface area contributed by atoms with Crippen LogP contribution in [0.5, 0.6) is 5.75 Å². The predicted octanol–water partition coefficient (Wildman–Crippen LogP) is 1.31. The third kappa shape index (κ3) is 2.49. The van der Waals surface area contributed by atoms with E-state index in [0.717, 1.165) is 17.7 Å². The van der Waals surface area contributed by atoms with E-state index in [1.807, 2.05) is 41.3 Å². The number of ether oxygens (including phenoxy) is 1. The summed E-state index contributed by atoms with van der Waals surface area (Å²) in [5, 5.41) is 0. The summed E-state index contributed by atoms with van der Waals surface area (Å²) in [4.78, 5) is 14.3. The summed E-state index contributed by atoms with van der Waals surface area (Å²) < 4.78 is 5.68. The minimum absolute atomic E-state index is 0.0180. The van der Waals surface area contributed by atoms with E-state index in [2.05, 4.69) is 0 Å². The molecule has 2 aliphatic rings. The summed E-state index contributed by atoms with van der Waals surface area (Å²) in [6, 6.07) is 7.91. The Hall–Kier alpha value is -1.81. The van der Waals surface area contributed by atoms with Crippen molar-refractivity contribution in [2.24, 2.45) is 11.7 Å². The van der Waals surface area contributed by atoms with E-state index >= 15 is 0 Å². The van der Waals surface area contributed by atoms with E-state index in [0.29, 0.717) is 19.7 Å². The highest BCUT2D eigenvalue weighted by molar-refractivity contribution is 5.81. The van der Waals surface area contributed by atoms with E-state index < -0.39 is 0 Å². The Morgan fingerprint density at radius 2 is 2.16 bits per heavy atom. The summed E-state index contributed by atoms with van der Waals surface area (Å²) in [7, 11) is 0. The lowest BCUT2D eigenvalue weighted by atomic mass is 10.1. The van der Waals surface area contributed by atoms with Crippen molar-refractivity contribution in [3.63, 3.8) is 0 Å². The van der Waals surface area contributed by atoms with Gasteiger partial charge in [-0.1, -0.05) is 30.4 Å². The van der Waals surface area contributed by atoms with Gasteiger partial charge in [0.2, 0.25) is 5.91 Å². The first kappa shape index (κ1) is 12.2. The first-order valence-electron chi connectivity index (χ1n) is 6.67. The molecule has 1 amide bonds. The molecule has 19 heavy (non-hydrogen) atoms. The molecule has 2 N–H and O–H groups in total. The van der Waals surface area contributed by atoms with Gasteiger partial charge in [0.25, 0.3) is 0 Å². The second-order valence-corrected chi connectivity index (χ2v) is 5.11. The Morgan fingerprint density at radius 3 is 2.95 bits per heavy atom. The third-order valence-corrected chi connectivity index (χ3v) is 3.70. The summed E-state index contributed by atoms with van der Waals surface area (Å²) in [5.74, 6) is 0.973. The molecule has 0 spiro atoms. The number of para-hydroxylation sites is 1. The van der Waals surface area contributed by atoms with Gasteiger partial charge >= 0.3 is 0 Å². The van der Waals surface area contributed by atoms with Crippen LogP contribution in [0.25, 0.3) is 0 Å². The smallest absolute Gasteiger partial charge is 0.229 e. The molecule has 0 saturated heterocycles. The lowest BCUT2D eigenvalue weighted by Gasteiger charge is -2.23. The number of nitrogens with two attached hydrogens (primary N) is 1. The summed E-state index contributed by atoms with van der Waals surface area (Å²) >= 11 is 0. The van der Waals surface area contributed by atoms with Crippen molar-refractivity contribution in [1.29, 1.82) is 0 Å². The van der Waals surface area contributed by atoms with Crippen LogP contribution < -0.4 is 10.5 Å². The van der Waals surface area contributed by atoms with Gasteiger partial charge in [0.1, 0.15) is 12.4 Å². The van der Waals surface area contributed by atoms with Crippen LogP contribution in [0.4, 0.5) is 0 Å². The Morgan fingerprint density at radius 1 is 1.32 bits per heavy atom. The maximum atomic E-state index is 12.5. The van der Waals surface area contributed by atoms with Crippen molar-refractivity contribution in [3.8, 4) is 5.75 Å². The molecule has 1 aromatic rings. The zero-order valence-electron chi connectivity index (χ0n) is 10.8. The summed E-state index contributed by atoms with van der Waals surface area (Å²) in [5.41, 5.74) is 6.89. The van der Waals surface area contributed by atoms with Gasteiger partial charge in [-0.15, -0.1) is 0 Å². The van der Waals surface area contributed by atoms with Crippen molar-refractivity contribution < 1.29 is 9.53 Å². The number of hydrogen-bond acceptors (Lipinski definition) is 3. The molecule has 4 nitrogen and oxygen atoms in total. The van der Waals surface area contributed by atoms with Gasteiger partial charge in [-0.25, -0.2) is 0 Å². The average Bonchev–Trinajstić information content (AvgIpc) is 2.74. The molecular weight excluding hydrogens is 240 g/mol. The van der Waals surface area contributed by atoms with Crippen LogP contribution >= 0.6 is 0 Å². The van der Waals surface area contributed by atoms with Crippen molar-refractivity contribution in [3.05, 3.63) is 42.0 Å². The lowest BCUT2D eigenvalue weighted by Crippen LogP contribution is -2.37. The first-order chi connectivity index (χ1) is 9.24. The lowest BCUT2D eigenvalue weighted by molar-refractivity contribution is -0.134. The van der Waals surface area contributed by atoms with Gasteiger partial charge in [0.05, 0.1) is 12.5 Å².